The Balaban J connectivity index is 2.45. The highest BCUT2D eigenvalue weighted by molar-refractivity contribution is 6.33. The lowest BCUT2D eigenvalue weighted by atomic mass is 10.1. The quantitative estimate of drug-likeness (QED) is 0.826. The van der Waals surface area contributed by atoms with Gasteiger partial charge in [-0.1, -0.05) is 41.9 Å². The SMILES string of the molecule is O=C(O)N(C(=O)O)c1ccc(-c2ccccc2)nc1Cl. The number of anilines is 1. The number of aromatic nitrogens is 1. The predicted molar refractivity (Wildman–Crippen MR) is 73.2 cm³/mol. The number of hydrogen-bond acceptors (Lipinski definition) is 3. The van der Waals surface area contributed by atoms with E-state index < -0.39 is 12.2 Å². The average Bonchev–Trinajstić information content (AvgIpc) is 2.41. The van der Waals surface area contributed by atoms with Gasteiger partial charge >= 0.3 is 12.2 Å². The van der Waals surface area contributed by atoms with Gasteiger partial charge in [-0.3, -0.25) is 0 Å². The molecule has 102 valence electrons. The van der Waals surface area contributed by atoms with E-state index in [0.29, 0.717) is 5.69 Å². The Morgan fingerprint density at radius 3 is 2.10 bits per heavy atom. The Morgan fingerprint density at radius 1 is 1.00 bits per heavy atom. The summed E-state index contributed by atoms with van der Waals surface area (Å²) in [4.78, 5) is 26.0. The van der Waals surface area contributed by atoms with E-state index >= 15 is 0 Å². The topological polar surface area (TPSA) is 90.7 Å². The van der Waals surface area contributed by atoms with Crippen LogP contribution in [0.2, 0.25) is 5.15 Å². The van der Waals surface area contributed by atoms with Crippen LogP contribution in [0.5, 0.6) is 0 Å². The first-order valence-electron chi connectivity index (χ1n) is 5.48. The fourth-order valence-electron chi connectivity index (χ4n) is 1.65. The molecule has 0 aliphatic carbocycles. The first-order chi connectivity index (χ1) is 9.50. The molecule has 6 nitrogen and oxygen atoms in total. The third-order valence-corrected chi connectivity index (χ3v) is 2.80. The number of carbonyl (C=O) groups is 2. The van der Waals surface area contributed by atoms with E-state index in [4.69, 9.17) is 21.8 Å². The third kappa shape index (κ3) is 2.70. The summed E-state index contributed by atoms with van der Waals surface area (Å²) in [5, 5.41) is 17.5. The summed E-state index contributed by atoms with van der Waals surface area (Å²) in [5.41, 5.74) is 1.11. The van der Waals surface area contributed by atoms with Crippen LogP contribution in [-0.4, -0.2) is 27.4 Å². The highest BCUT2D eigenvalue weighted by Crippen LogP contribution is 2.28. The second-order valence-electron chi connectivity index (χ2n) is 3.77. The molecule has 0 atom stereocenters. The Kier molecular flexibility index (Phi) is 3.86. The molecule has 0 aliphatic heterocycles. The van der Waals surface area contributed by atoms with Crippen LogP contribution in [0.1, 0.15) is 0 Å². The van der Waals surface area contributed by atoms with Crippen LogP contribution in [0.25, 0.3) is 11.3 Å². The number of benzene rings is 1. The van der Waals surface area contributed by atoms with E-state index in [0.717, 1.165) is 5.56 Å². The van der Waals surface area contributed by atoms with Gasteiger partial charge in [0.25, 0.3) is 0 Å². The molecule has 0 saturated carbocycles. The Labute approximate surface area is 118 Å². The number of pyridine rings is 1. The summed E-state index contributed by atoms with van der Waals surface area (Å²) in [7, 11) is 0. The van der Waals surface area contributed by atoms with E-state index in [1.807, 2.05) is 30.3 Å². The maximum absolute atomic E-state index is 10.9. The van der Waals surface area contributed by atoms with Gasteiger partial charge in [-0.2, -0.15) is 4.90 Å². The monoisotopic (exact) mass is 292 g/mol. The molecule has 0 spiro atoms. The maximum Gasteiger partial charge on any atom is 0.421 e. The number of carboxylic acid groups (broad SMARTS) is 2. The van der Waals surface area contributed by atoms with Crippen LogP contribution in [0.4, 0.5) is 15.3 Å². The van der Waals surface area contributed by atoms with Gasteiger partial charge < -0.3 is 10.2 Å². The second kappa shape index (κ2) is 5.58. The lowest BCUT2D eigenvalue weighted by Crippen LogP contribution is -2.34. The fraction of sp³-hybridized carbons (Fsp3) is 0. The summed E-state index contributed by atoms with van der Waals surface area (Å²) in [6.45, 7) is 0. The highest BCUT2D eigenvalue weighted by atomic mass is 35.5. The number of hydrogen-bond donors (Lipinski definition) is 2. The van der Waals surface area contributed by atoms with Gasteiger partial charge in [-0.15, -0.1) is 0 Å². The van der Waals surface area contributed by atoms with Crippen molar-refractivity contribution in [2.45, 2.75) is 0 Å². The molecular weight excluding hydrogens is 284 g/mol. The molecular formula is C13H9ClN2O4. The molecule has 2 N–H and O–H groups in total. The van der Waals surface area contributed by atoms with Gasteiger partial charge in [0.05, 0.1) is 11.4 Å². The van der Waals surface area contributed by atoms with E-state index in [-0.39, 0.29) is 15.7 Å². The van der Waals surface area contributed by atoms with Gasteiger partial charge in [-0.05, 0) is 12.1 Å². The summed E-state index contributed by atoms with van der Waals surface area (Å²) < 4.78 is 0. The van der Waals surface area contributed by atoms with E-state index in [2.05, 4.69) is 4.98 Å². The molecule has 20 heavy (non-hydrogen) atoms. The molecule has 1 heterocycles. The van der Waals surface area contributed by atoms with Crippen molar-refractivity contribution in [3.05, 3.63) is 47.6 Å². The smallest absolute Gasteiger partial charge is 0.421 e. The summed E-state index contributed by atoms with van der Waals surface area (Å²) in [5.74, 6) is 0. The molecule has 0 unspecified atom stereocenters. The lowest BCUT2D eigenvalue weighted by Gasteiger charge is -2.14. The minimum atomic E-state index is -1.64. The molecule has 2 rings (SSSR count). The van der Waals surface area contributed by atoms with Crippen LogP contribution in [0.15, 0.2) is 42.5 Å². The van der Waals surface area contributed by atoms with Gasteiger partial charge in [-0.25, -0.2) is 14.6 Å². The standard InChI is InChI=1S/C13H9ClN2O4/c14-11-10(16(12(17)18)13(19)20)7-6-9(15-11)8-4-2-1-3-5-8/h1-7H,(H,17,18)(H,19,20). The summed E-state index contributed by atoms with van der Waals surface area (Å²) >= 11 is 5.88. The molecule has 2 amide bonds. The van der Waals surface area contributed by atoms with Gasteiger partial charge in [0.1, 0.15) is 0 Å². The van der Waals surface area contributed by atoms with Crippen LogP contribution in [0, 0.1) is 0 Å². The largest absolute Gasteiger partial charge is 0.464 e. The minimum absolute atomic E-state index is 0.115. The normalized spacial score (nSPS) is 10.1. The zero-order valence-electron chi connectivity index (χ0n) is 10.0. The molecule has 1 aromatic carbocycles. The summed E-state index contributed by atoms with van der Waals surface area (Å²) in [6.07, 6.45) is -3.29. The number of halogens is 1. The Morgan fingerprint density at radius 2 is 1.60 bits per heavy atom. The van der Waals surface area contributed by atoms with Crippen molar-refractivity contribution in [2.75, 3.05) is 4.90 Å². The summed E-state index contributed by atoms with van der Waals surface area (Å²) in [6, 6.07) is 11.9. The van der Waals surface area contributed by atoms with Crippen molar-refractivity contribution in [1.29, 1.82) is 0 Å². The number of rotatable bonds is 2. The van der Waals surface area contributed by atoms with Gasteiger partial charge in [0.2, 0.25) is 0 Å². The lowest BCUT2D eigenvalue weighted by molar-refractivity contribution is 0.184. The van der Waals surface area contributed by atoms with Crippen LogP contribution in [0.3, 0.4) is 0 Å². The third-order valence-electron chi connectivity index (χ3n) is 2.52. The van der Waals surface area contributed by atoms with Crippen molar-refractivity contribution in [1.82, 2.24) is 4.98 Å². The van der Waals surface area contributed by atoms with Crippen molar-refractivity contribution in [2.24, 2.45) is 0 Å². The average molecular weight is 293 g/mol. The molecule has 0 fully saturated rings. The van der Waals surface area contributed by atoms with E-state index in [1.165, 1.54) is 12.1 Å². The van der Waals surface area contributed by atoms with Crippen LogP contribution in [-0.2, 0) is 0 Å². The first kappa shape index (κ1) is 13.8. The first-order valence-corrected chi connectivity index (χ1v) is 5.86. The number of amides is 2. The maximum atomic E-state index is 10.9. The van der Waals surface area contributed by atoms with Crippen LogP contribution < -0.4 is 4.90 Å². The number of imide groups is 1. The Bertz CT molecular complexity index is 647. The molecule has 1 aromatic heterocycles. The fourth-order valence-corrected chi connectivity index (χ4v) is 1.89. The molecule has 0 aliphatic rings. The van der Waals surface area contributed by atoms with Crippen molar-refractivity contribution in [3.8, 4) is 11.3 Å². The van der Waals surface area contributed by atoms with Crippen LogP contribution >= 0.6 is 11.6 Å². The van der Waals surface area contributed by atoms with Crippen molar-refractivity contribution in [3.63, 3.8) is 0 Å². The van der Waals surface area contributed by atoms with Gasteiger partial charge in [0, 0.05) is 5.56 Å². The zero-order chi connectivity index (χ0) is 14.7. The molecule has 7 heteroatoms. The molecule has 2 aromatic rings. The number of nitrogens with zero attached hydrogens (tertiary/aromatic N) is 2. The molecule has 0 saturated heterocycles. The highest BCUT2D eigenvalue weighted by Gasteiger charge is 2.25. The second-order valence-corrected chi connectivity index (χ2v) is 4.13. The Hall–Kier alpha value is -2.60. The van der Waals surface area contributed by atoms with E-state index in [9.17, 15) is 9.59 Å². The zero-order valence-corrected chi connectivity index (χ0v) is 10.8. The minimum Gasteiger partial charge on any atom is -0.464 e. The molecule has 0 bridgehead atoms. The molecule has 0 radical (unpaired) electrons. The predicted octanol–water partition coefficient (Wildman–Crippen LogP) is 3.56. The van der Waals surface area contributed by atoms with Gasteiger partial charge in [0.15, 0.2) is 5.15 Å². The van der Waals surface area contributed by atoms with E-state index in [1.54, 1.807) is 0 Å². The van der Waals surface area contributed by atoms with Crippen molar-refractivity contribution < 1.29 is 19.8 Å². The van der Waals surface area contributed by atoms with Crippen molar-refractivity contribution >= 4 is 29.5 Å².